The van der Waals surface area contributed by atoms with E-state index >= 15 is 0 Å². The standard InChI is InChI=1S/C9H18N2S/c1-5-8(4)11-9(12)10-6-7(2)3/h8H,2,5-6H2,1,3-4H3,(H2,10,11,12). The molecular weight excluding hydrogens is 168 g/mol. The monoisotopic (exact) mass is 186 g/mol. The molecule has 3 heteroatoms. The summed E-state index contributed by atoms with van der Waals surface area (Å²) in [6.07, 6.45) is 1.08. The van der Waals surface area contributed by atoms with Crippen LogP contribution in [-0.2, 0) is 0 Å². The summed E-state index contributed by atoms with van der Waals surface area (Å²) in [5, 5.41) is 6.95. The SMILES string of the molecule is C=C(C)CNC(=S)NC(C)CC. The maximum atomic E-state index is 5.05. The van der Waals surface area contributed by atoms with E-state index in [-0.39, 0.29) is 0 Å². The smallest absolute Gasteiger partial charge is 0.166 e. The normalized spacial score (nSPS) is 11.9. The van der Waals surface area contributed by atoms with Crippen molar-refractivity contribution in [3.05, 3.63) is 12.2 Å². The fourth-order valence-electron chi connectivity index (χ4n) is 0.608. The van der Waals surface area contributed by atoms with Gasteiger partial charge in [-0.25, -0.2) is 0 Å². The first-order chi connectivity index (χ1) is 5.56. The second-order valence-electron chi connectivity index (χ2n) is 3.09. The van der Waals surface area contributed by atoms with Crippen molar-refractivity contribution >= 4 is 17.3 Å². The van der Waals surface area contributed by atoms with Gasteiger partial charge in [0.15, 0.2) is 5.11 Å². The molecule has 0 heterocycles. The van der Waals surface area contributed by atoms with Gasteiger partial charge >= 0.3 is 0 Å². The Bertz CT molecular complexity index is 166. The van der Waals surface area contributed by atoms with Gasteiger partial charge in [-0.15, -0.1) is 0 Å². The van der Waals surface area contributed by atoms with E-state index in [2.05, 4.69) is 31.1 Å². The van der Waals surface area contributed by atoms with E-state index in [0.717, 1.165) is 18.5 Å². The van der Waals surface area contributed by atoms with Crippen LogP contribution < -0.4 is 10.6 Å². The Morgan fingerprint density at radius 3 is 2.58 bits per heavy atom. The zero-order chi connectivity index (χ0) is 9.56. The molecular formula is C9H18N2S. The predicted octanol–water partition coefficient (Wildman–Crippen LogP) is 1.83. The molecule has 0 spiro atoms. The van der Waals surface area contributed by atoms with E-state index in [4.69, 9.17) is 12.2 Å². The van der Waals surface area contributed by atoms with Crippen LogP contribution in [0.2, 0.25) is 0 Å². The molecule has 12 heavy (non-hydrogen) atoms. The van der Waals surface area contributed by atoms with E-state index in [1.54, 1.807) is 0 Å². The van der Waals surface area contributed by atoms with Crippen LogP contribution >= 0.6 is 12.2 Å². The predicted molar refractivity (Wildman–Crippen MR) is 58.3 cm³/mol. The quantitative estimate of drug-likeness (QED) is 0.517. The van der Waals surface area contributed by atoms with Crippen LogP contribution in [0.1, 0.15) is 27.2 Å². The third kappa shape index (κ3) is 6.16. The van der Waals surface area contributed by atoms with Crippen molar-refractivity contribution in [1.29, 1.82) is 0 Å². The van der Waals surface area contributed by atoms with Crippen molar-refractivity contribution in [1.82, 2.24) is 10.6 Å². The van der Waals surface area contributed by atoms with Gasteiger partial charge < -0.3 is 10.6 Å². The highest BCUT2D eigenvalue weighted by Crippen LogP contribution is 1.88. The lowest BCUT2D eigenvalue weighted by Gasteiger charge is -2.14. The molecule has 0 aromatic carbocycles. The molecule has 0 saturated heterocycles. The molecule has 0 aliphatic heterocycles. The van der Waals surface area contributed by atoms with Gasteiger partial charge in [-0.3, -0.25) is 0 Å². The Morgan fingerprint density at radius 1 is 1.58 bits per heavy atom. The first-order valence-corrected chi connectivity index (χ1v) is 4.65. The summed E-state index contributed by atoms with van der Waals surface area (Å²) >= 11 is 5.05. The largest absolute Gasteiger partial charge is 0.360 e. The van der Waals surface area contributed by atoms with E-state index in [0.29, 0.717) is 11.2 Å². The minimum Gasteiger partial charge on any atom is -0.360 e. The minimum atomic E-state index is 0.440. The van der Waals surface area contributed by atoms with E-state index in [9.17, 15) is 0 Å². The molecule has 0 rings (SSSR count). The van der Waals surface area contributed by atoms with Crippen LogP contribution in [0.5, 0.6) is 0 Å². The second kappa shape index (κ2) is 6.00. The number of nitrogens with one attached hydrogen (secondary N) is 2. The zero-order valence-corrected chi connectivity index (χ0v) is 8.92. The Labute approximate surface area is 80.4 Å². The molecule has 2 nitrogen and oxygen atoms in total. The highest BCUT2D eigenvalue weighted by molar-refractivity contribution is 7.80. The van der Waals surface area contributed by atoms with Crippen LogP contribution in [0.3, 0.4) is 0 Å². The number of thiocarbonyl (C=S) groups is 1. The van der Waals surface area contributed by atoms with Crippen molar-refractivity contribution in [2.75, 3.05) is 6.54 Å². The van der Waals surface area contributed by atoms with Gasteiger partial charge in [0, 0.05) is 12.6 Å². The molecule has 1 unspecified atom stereocenters. The Kier molecular flexibility index (Phi) is 5.72. The average molecular weight is 186 g/mol. The van der Waals surface area contributed by atoms with Gasteiger partial charge in [-0.1, -0.05) is 19.1 Å². The van der Waals surface area contributed by atoms with Crippen LogP contribution in [-0.4, -0.2) is 17.7 Å². The molecule has 0 bridgehead atoms. The fourth-order valence-corrected chi connectivity index (χ4v) is 0.881. The zero-order valence-electron chi connectivity index (χ0n) is 8.11. The Morgan fingerprint density at radius 2 is 2.17 bits per heavy atom. The lowest BCUT2D eigenvalue weighted by atomic mass is 10.3. The van der Waals surface area contributed by atoms with Crippen molar-refractivity contribution in [3.8, 4) is 0 Å². The maximum absolute atomic E-state index is 5.05. The summed E-state index contributed by atoms with van der Waals surface area (Å²) in [6, 6.07) is 0.440. The molecule has 2 N–H and O–H groups in total. The highest BCUT2D eigenvalue weighted by Gasteiger charge is 1.99. The van der Waals surface area contributed by atoms with Crippen LogP contribution in [0.15, 0.2) is 12.2 Å². The first kappa shape index (κ1) is 11.4. The molecule has 0 radical (unpaired) electrons. The van der Waals surface area contributed by atoms with Gasteiger partial charge in [0.25, 0.3) is 0 Å². The van der Waals surface area contributed by atoms with Gasteiger partial charge in [-0.05, 0) is 32.5 Å². The molecule has 0 aliphatic carbocycles. The average Bonchev–Trinajstić information content (AvgIpc) is 2.00. The van der Waals surface area contributed by atoms with Gasteiger partial charge in [0.05, 0.1) is 0 Å². The van der Waals surface area contributed by atoms with Gasteiger partial charge in [0.1, 0.15) is 0 Å². The summed E-state index contributed by atoms with van der Waals surface area (Å²) in [5.74, 6) is 0. The lowest BCUT2D eigenvalue weighted by Crippen LogP contribution is -2.40. The van der Waals surface area contributed by atoms with Gasteiger partial charge in [-0.2, -0.15) is 0 Å². The maximum Gasteiger partial charge on any atom is 0.166 e. The van der Waals surface area contributed by atoms with Crippen molar-refractivity contribution in [2.45, 2.75) is 33.2 Å². The van der Waals surface area contributed by atoms with Crippen molar-refractivity contribution < 1.29 is 0 Å². The number of hydrogen-bond donors (Lipinski definition) is 2. The lowest BCUT2D eigenvalue weighted by molar-refractivity contribution is 0.635. The summed E-state index contributed by atoms with van der Waals surface area (Å²) in [7, 11) is 0. The van der Waals surface area contributed by atoms with Crippen LogP contribution in [0.4, 0.5) is 0 Å². The topological polar surface area (TPSA) is 24.1 Å². The molecule has 0 amide bonds. The molecule has 0 aliphatic rings. The Hall–Kier alpha value is -0.570. The molecule has 0 saturated carbocycles. The Balaban J connectivity index is 3.53. The summed E-state index contributed by atoms with van der Waals surface area (Å²) in [4.78, 5) is 0. The fraction of sp³-hybridized carbons (Fsp3) is 0.667. The molecule has 0 aromatic heterocycles. The second-order valence-corrected chi connectivity index (χ2v) is 3.50. The molecule has 0 aromatic rings. The summed E-state index contributed by atoms with van der Waals surface area (Å²) in [5.41, 5.74) is 1.09. The van der Waals surface area contributed by atoms with E-state index < -0.39 is 0 Å². The number of hydrogen-bond acceptors (Lipinski definition) is 1. The minimum absolute atomic E-state index is 0.440. The van der Waals surface area contributed by atoms with Crippen LogP contribution in [0, 0.1) is 0 Å². The first-order valence-electron chi connectivity index (χ1n) is 4.25. The third-order valence-electron chi connectivity index (χ3n) is 1.54. The van der Waals surface area contributed by atoms with Crippen molar-refractivity contribution in [3.63, 3.8) is 0 Å². The molecule has 0 fully saturated rings. The number of rotatable bonds is 4. The molecule has 70 valence electrons. The summed E-state index contributed by atoms with van der Waals surface area (Å²) < 4.78 is 0. The molecule has 1 atom stereocenters. The van der Waals surface area contributed by atoms with Gasteiger partial charge in [0.2, 0.25) is 0 Å². The van der Waals surface area contributed by atoms with Crippen LogP contribution in [0.25, 0.3) is 0 Å². The highest BCUT2D eigenvalue weighted by atomic mass is 32.1. The summed E-state index contributed by atoms with van der Waals surface area (Å²) in [6.45, 7) is 10.7. The van der Waals surface area contributed by atoms with E-state index in [1.165, 1.54) is 0 Å². The third-order valence-corrected chi connectivity index (χ3v) is 1.80. The van der Waals surface area contributed by atoms with Crippen molar-refractivity contribution in [2.24, 2.45) is 0 Å². The van der Waals surface area contributed by atoms with E-state index in [1.807, 2.05) is 6.92 Å².